The van der Waals surface area contributed by atoms with E-state index in [4.69, 9.17) is 16.3 Å². The second-order valence-electron chi connectivity index (χ2n) is 10.7. The fourth-order valence-electron chi connectivity index (χ4n) is 5.98. The average Bonchev–Trinajstić information content (AvgIpc) is 3.10. The Bertz CT molecular complexity index is 1370. The van der Waals surface area contributed by atoms with Crippen LogP contribution in [0.5, 0.6) is 0 Å². The Balaban J connectivity index is 1.38. The Morgan fingerprint density at radius 2 is 1.97 bits per heavy atom. The number of ether oxygens (including phenoxy) is 1. The summed E-state index contributed by atoms with van der Waals surface area (Å²) in [5, 5.41) is 4.05. The van der Waals surface area contributed by atoms with Gasteiger partial charge in [-0.25, -0.2) is 9.97 Å². The van der Waals surface area contributed by atoms with Gasteiger partial charge >= 0.3 is 0 Å². The zero-order chi connectivity index (χ0) is 25.4. The number of hydrogen-bond donors (Lipinski definition) is 1. The first kappa shape index (κ1) is 24.0. The minimum absolute atomic E-state index is 0.0555. The van der Waals surface area contributed by atoms with Gasteiger partial charge in [0.15, 0.2) is 0 Å². The second-order valence-corrected chi connectivity index (χ2v) is 12.3. The Hall–Kier alpha value is -2.39. The molecular weight excluding hydrogens is 496 g/mol. The van der Waals surface area contributed by atoms with Gasteiger partial charge < -0.3 is 10.1 Å². The molecule has 36 heavy (non-hydrogen) atoms. The SMILES string of the molecule is Cc1cc(Cl)cc(-c2ncnc3cc(C(C)N4C(=O)C5C(C4=O)C5(C)C)sc23)c1C[C@@H]1CNCCO1. The van der Waals surface area contributed by atoms with E-state index in [1.807, 2.05) is 39.0 Å². The van der Waals surface area contributed by atoms with Gasteiger partial charge in [-0.15, -0.1) is 11.3 Å². The summed E-state index contributed by atoms with van der Waals surface area (Å²) >= 11 is 8.06. The maximum Gasteiger partial charge on any atom is 0.234 e. The molecule has 1 N–H and O–H groups in total. The summed E-state index contributed by atoms with van der Waals surface area (Å²) in [5.74, 6) is -0.489. The molecule has 0 spiro atoms. The van der Waals surface area contributed by atoms with Crippen LogP contribution in [0.25, 0.3) is 21.5 Å². The lowest BCUT2D eigenvalue weighted by atomic mass is 9.94. The van der Waals surface area contributed by atoms with E-state index in [0.717, 1.165) is 57.0 Å². The molecule has 2 aliphatic heterocycles. The van der Waals surface area contributed by atoms with E-state index in [1.54, 1.807) is 17.7 Å². The van der Waals surface area contributed by atoms with Gasteiger partial charge in [0, 0.05) is 35.0 Å². The maximum absolute atomic E-state index is 13.1. The van der Waals surface area contributed by atoms with E-state index in [0.29, 0.717) is 11.6 Å². The molecule has 7 nitrogen and oxygen atoms in total. The average molecular weight is 525 g/mol. The summed E-state index contributed by atoms with van der Waals surface area (Å²) in [6, 6.07) is 5.59. The summed E-state index contributed by atoms with van der Waals surface area (Å²) in [6.07, 6.45) is 2.40. The predicted octanol–water partition coefficient (Wildman–Crippen LogP) is 4.55. The third-order valence-corrected chi connectivity index (χ3v) is 9.61. The number of fused-ring (bicyclic) bond motifs is 2. The normalized spacial score (nSPS) is 25.9. The number of likely N-dealkylation sites (tertiary alicyclic amines) is 1. The molecule has 4 atom stereocenters. The zero-order valence-corrected chi connectivity index (χ0v) is 22.4. The van der Waals surface area contributed by atoms with Crippen LogP contribution in [0.4, 0.5) is 0 Å². The van der Waals surface area contributed by atoms with Crippen LogP contribution in [0.2, 0.25) is 5.02 Å². The fraction of sp³-hybridized carbons (Fsp3) is 0.481. The standard InChI is InChI=1S/C27H29ClN4O3S/c1-13-7-15(28)8-18(17(13)9-16-11-29-5-6-35-16)23-24-19(30-12-31-23)10-20(36-24)14(2)32-25(33)21-22(26(32)34)27(21,3)4/h7-8,10,12,14,16,21-22,29H,5-6,9,11H2,1-4H3/t14?,16-,21?,22?/m1/s1. The quantitative estimate of drug-likeness (QED) is 0.493. The lowest BCUT2D eigenvalue weighted by molar-refractivity contribution is -0.145. The molecule has 0 radical (unpaired) electrons. The van der Waals surface area contributed by atoms with Crippen molar-refractivity contribution in [3.05, 3.63) is 45.6 Å². The summed E-state index contributed by atoms with van der Waals surface area (Å²) in [7, 11) is 0. The lowest BCUT2D eigenvalue weighted by Crippen LogP contribution is -2.39. The molecule has 9 heteroatoms. The monoisotopic (exact) mass is 524 g/mol. The highest BCUT2D eigenvalue weighted by molar-refractivity contribution is 7.19. The number of aromatic nitrogens is 2. The number of aryl methyl sites for hydroxylation is 1. The van der Waals surface area contributed by atoms with Crippen LogP contribution in [-0.4, -0.2) is 52.5 Å². The maximum atomic E-state index is 13.1. The number of nitrogens with zero attached hydrogens (tertiary/aromatic N) is 3. The number of hydrogen-bond acceptors (Lipinski definition) is 7. The highest BCUT2D eigenvalue weighted by Crippen LogP contribution is 2.64. The third kappa shape index (κ3) is 3.69. The molecule has 3 aromatic rings. The fourth-order valence-corrected chi connectivity index (χ4v) is 7.41. The first-order valence-electron chi connectivity index (χ1n) is 12.4. The molecule has 6 rings (SSSR count). The number of halogens is 1. The summed E-state index contributed by atoms with van der Waals surface area (Å²) in [5.41, 5.74) is 4.62. The minimum Gasteiger partial charge on any atom is -0.375 e. The van der Waals surface area contributed by atoms with Crippen LogP contribution in [0.1, 0.15) is 42.8 Å². The molecule has 4 heterocycles. The van der Waals surface area contributed by atoms with Gasteiger partial charge in [-0.05, 0) is 48.6 Å². The number of carbonyl (C=O) groups is 2. The van der Waals surface area contributed by atoms with Gasteiger partial charge in [-0.3, -0.25) is 14.5 Å². The van der Waals surface area contributed by atoms with Crippen molar-refractivity contribution in [2.45, 2.75) is 46.3 Å². The van der Waals surface area contributed by atoms with Crippen molar-refractivity contribution in [3.63, 3.8) is 0 Å². The van der Waals surface area contributed by atoms with E-state index < -0.39 is 0 Å². The first-order chi connectivity index (χ1) is 17.2. The van der Waals surface area contributed by atoms with E-state index in [-0.39, 0.29) is 41.2 Å². The molecule has 2 saturated heterocycles. The Kier molecular flexibility index (Phi) is 5.72. The molecule has 3 unspecified atom stereocenters. The van der Waals surface area contributed by atoms with Crippen molar-refractivity contribution in [3.8, 4) is 11.3 Å². The smallest absolute Gasteiger partial charge is 0.234 e. The van der Waals surface area contributed by atoms with Crippen LogP contribution in [0.15, 0.2) is 24.5 Å². The topological polar surface area (TPSA) is 84.4 Å². The van der Waals surface area contributed by atoms with Crippen LogP contribution < -0.4 is 5.32 Å². The van der Waals surface area contributed by atoms with E-state index in [2.05, 4.69) is 22.2 Å². The van der Waals surface area contributed by atoms with E-state index in [1.165, 1.54) is 4.90 Å². The molecule has 0 bridgehead atoms. The van der Waals surface area contributed by atoms with Crippen molar-refractivity contribution < 1.29 is 14.3 Å². The molecular formula is C27H29ClN4O3S. The van der Waals surface area contributed by atoms with Gasteiger partial charge in [0.05, 0.1) is 46.5 Å². The number of thiophene rings is 1. The second kappa shape index (κ2) is 8.58. The number of amides is 2. The largest absolute Gasteiger partial charge is 0.375 e. The molecule has 1 aliphatic carbocycles. The van der Waals surface area contributed by atoms with Gasteiger partial charge in [-0.2, -0.15) is 0 Å². The molecule has 188 valence electrons. The van der Waals surface area contributed by atoms with E-state index >= 15 is 0 Å². The van der Waals surface area contributed by atoms with Crippen LogP contribution in [0.3, 0.4) is 0 Å². The van der Waals surface area contributed by atoms with Gasteiger partial charge in [0.2, 0.25) is 11.8 Å². The number of imide groups is 1. The van der Waals surface area contributed by atoms with Crippen molar-refractivity contribution >= 4 is 45.0 Å². The van der Waals surface area contributed by atoms with E-state index in [9.17, 15) is 9.59 Å². The minimum atomic E-state index is -0.345. The molecule has 2 amide bonds. The van der Waals surface area contributed by atoms with Crippen molar-refractivity contribution in [1.29, 1.82) is 0 Å². The van der Waals surface area contributed by atoms with Gasteiger partial charge in [0.1, 0.15) is 6.33 Å². The summed E-state index contributed by atoms with van der Waals surface area (Å²) in [6.45, 7) is 10.4. The molecule has 1 saturated carbocycles. The molecule has 3 fully saturated rings. The number of piperidine rings is 1. The highest BCUT2D eigenvalue weighted by Gasteiger charge is 2.73. The molecule has 1 aromatic carbocycles. The predicted molar refractivity (Wildman–Crippen MR) is 140 cm³/mol. The molecule has 3 aliphatic rings. The summed E-state index contributed by atoms with van der Waals surface area (Å²) < 4.78 is 6.92. The number of benzene rings is 1. The highest BCUT2D eigenvalue weighted by atomic mass is 35.5. The number of rotatable bonds is 5. The first-order valence-corrected chi connectivity index (χ1v) is 13.6. The number of carbonyl (C=O) groups excluding carboxylic acids is 2. The zero-order valence-electron chi connectivity index (χ0n) is 20.8. The van der Waals surface area contributed by atoms with Gasteiger partial charge in [0.25, 0.3) is 0 Å². The Morgan fingerprint density at radius 3 is 2.67 bits per heavy atom. The van der Waals surface area contributed by atoms with Crippen LogP contribution >= 0.6 is 22.9 Å². The molecule has 2 aromatic heterocycles. The van der Waals surface area contributed by atoms with Crippen molar-refractivity contribution in [1.82, 2.24) is 20.2 Å². The summed E-state index contributed by atoms with van der Waals surface area (Å²) in [4.78, 5) is 37.7. The third-order valence-electron chi connectivity index (χ3n) is 8.09. The Labute approximate surface area is 219 Å². The van der Waals surface area contributed by atoms with Crippen LogP contribution in [0, 0.1) is 24.2 Å². The Morgan fingerprint density at radius 1 is 1.22 bits per heavy atom. The van der Waals surface area contributed by atoms with Crippen LogP contribution in [-0.2, 0) is 20.7 Å². The van der Waals surface area contributed by atoms with Crippen molar-refractivity contribution in [2.24, 2.45) is 17.3 Å². The number of nitrogens with one attached hydrogen (secondary N) is 1. The lowest BCUT2D eigenvalue weighted by Gasteiger charge is -2.26. The van der Waals surface area contributed by atoms with Crippen molar-refractivity contribution in [2.75, 3.05) is 19.7 Å². The number of morpholine rings is 1. The van der Waals surface area contributed by atoms with Gasteiger partial charge in [-0.1, -0.05) is 25.4 Å².